The summed E-state index contributed by atoms with van der Waals surface area (Å²) in [6.45, 7) is 10.9. The van der Waals surface area contributed by atoms with Gasteiger partial charge in [-0.05, 0) is 122 Å². The van der Waals surface area contributed by atoms with E-state index in [0.717, 1.165) is 71.7 Å². The number of nitrogens with zero attached hydrogens (tertiary/aromatic N) is 7. The lowest BCUT2D eigenvalue weighted by molar-refractivity contribution is -0.142. The molecular formula is C50H64N10O7S2. The smallest absolute Gasteiger partial charge is 0.313 e. The van der Waals surface area contributed by atoms with Gasteiger partial charge in [-0.25, -0.2) is 27.4 Å². The maximum atomic E-state index is 14.1. The van der Waals surface area contributed by atoms with Gasteiger partial charge in [0.1, 0.15) is 5.54 Å². The maximum absolute atomic E-state index is 14.1. The van der Waals surface area contributed by atoms with E-state index in [1.807, 2.05) is 70.6 Å². The van der Waals surface area contributed by atoms with Crippen LogP contribution in [0.5, 0.6) is 0 Å². The van der Waals surface area contributed by atoms with Gasteiger partial charge in [0, 0.05) is 53.3 Å². The van der Waals surface area contributed by atoms with Gasteiger partial charge in [0.2, 0.25) is 15.9 Å². The molecule has 368 valence electrons. The van der Waals surface area contributed by atoms with Crippen LogP contribution in [0.15, 0.2) is 84.9 Å². The van der Waals surface area contributed by atoms with Crippen molar-refractivity contribution in [2.75, 3.05) is 19.3 Å². The van der Waals surface area contributed by atoms with Crippen molar-refractivity contribution in [1.29, 1.82) is 4.78 Å². The number of carbonyl (C=O) groups excluding carboxylic acids is 1. The lowest BCUT2D eigenvalue weighted by Crippen LogP contribution is -2.56. The normalized spacial score (nSPS) is 19.2. The summed E-state index contributed by atoms with van der Waals surface area (Å²) in [4.78, 5) is 36.3. The number of carboxylic acid groups (broad SMARTS) is 1. The van der Waals surface area contributed by atoms with E-state index in [1.165, 1.54) is 56.3 Å². The fourth-order valence-electron chi connectivity index (χ4n) is 9.07. The van der Waals surface area contributed by atoms with Gasteiger partial charge in [0.05, 0.1) is 35.1 Å². The summed E-state index contributed by atoms with van der Waals surface area (Å²) in [5, 5.41) is 22.0. The largest absolute Gasteiger partial charge is 0.481 e. The molecule has 4 aromatic heterocycles. The average Bonchev–Trinajstić information content (AvgIpc) is 4.27. The highest BCUT2D eigenvalue weighted by molar-refractivity contribution is 7.88. The number of aryl methyl sites for hydroxylation is 2. The Labute approximate surface area is 405 Å². The number of likely N-dealkylation sites (tertiary alicyclic amines) is 1. The molecule has 10 rings (SSSR count). The maximum Gasteiger partial charge on any atom is 0.313 e. The predicted octanol–water partition coefficient (Wildman–Crippen LogP) is 7.84. The van der Waals surface area contributed by atoms with Crippen molar-refractivity contribution in [3.05, 3.63) is 130 Å². The Bertz CT molecular complexity index is 3000. The van der Waals surface area contributed by atoms with E-state index in [4.69, 9.17) is 38.5 Å². The molecule has 17 nitrogen and oxygen atoms in total. The van der Waals surface area contributed by atoms with Crippen LogP contribution in [0.25, 0.3) is 11.3 Å². The first-order valence-corrected chi connectivity index (χ1v) is 26.6. The zero-order chi connectivity index (χ0) is 49.7. The minimum atomic E-state index is -3.66. The van der Waals surface area contributed by atoms with Gasteiger partial charge in [-0.3, -0.25) is 9.59 Å². The molecule has 6 heterocycles. The molecule has 2 saturated heterocycles. The van der Waals surface area contributed by atoms with Crippen molar-refractivity contribution in [2.24, 2.45) is 0 Å². The molecule has 19 heteroatoms. The Morgan fingerprint density at radius 3 is 1.70 bits per heavy atom. The molecule has 0 spiro atoms. The van der Waals surface area contributed by atoms with Gasteiger partial charge in [-0.1, -0.05) is 67.1 Å². The number of hydrogen-bond donors (Lipinski definition) is 4. The molecule has 4 N–H and O–H groups in total. The second kappa shape index (κ2) is 21.4. The van der Waals surface area contributed by atoms with Gasteiger partial charge in [0.25, 0.3) is 0 Å². The number of aromatic nitrogens is 6. The van der Waals surface area contributed by atoms with Gasteiger partial charge in [0.15, 0.2) is 11.3 Å². The number of carbonyl (C=O) groups is 2. The number of carboxylic acids is 1. The Morgan fingerprint density at radius 1 is 0.725 bits per heavy atom. The van der Waals surface area contributed by atoms with Gasteiger partial charge >= 0.3 is 16.5 Å². The molecular weight excluding hydrogens is 917 g/mol. The Balaban J connectivity index is 0.000000167. The molecule has 2 aromatic carbocycles. The minimum absolute atomic E-state index is 0.240. The molecule has 4 fully saturated rings. The molecule has 2 saturated carbocycles. The van der Waals surface area contributed by atoms with Crippen LogP contribution in [-0.4, -0.2) is 87.3 Å². The summed E-state index contributed by atoms with van der Waals surface area (Å²) in [6, 6.07) is 26.9. The molecule has 0 unspecified atom stereocenters. The Hall–Kier alpha value is -5.89. The van der Waals surface area contributed by atoms with E-state index >= 15 is 0 Å². The van der Waals surface area contributed by atoms with E-state index in [-0.39, 0.29) is 11.9 Å². The Morgan fingerprint density at radius 2 is 1.22 bits per heavy atom. The van der Waals surface area contributed by atoms with E-state index in [2.05, 4.69) is 35.2 Å². The molecule has 69 heavy (non-hydrogen) atoms. The molecule has 2 aliphatic carbocycles. The van der Waals surface area contributed by atoms with Crippen LogP contribution in [0.1, 0.15) is 154 Å². The Kier molecular flexibility index (Phi) is 15.8. The first-order chi connectivity index (χ1) is 32.7. The van der Waals surface area contributed by atoms with E-state index < -0.39 is 37.4 Å². The van der Waals surface area contributed by atoms with Gasteiger partial charge in [-0.15, -0.1) is 0 Å². The van der Waals surface area contributed by atoms with Crippen molar-refractivity contribution >= 4 is 43.7 Å². The van der Waals surface area contributed by atoms with E-state index in [1.54, 1.807) is 37.8 Å². The monoisotopic (exact) mass is 980 g/mol. The summed E-state index contributed by atoms with van der Waals surface area (Å²) in [6.07, 6.45) is 12.4. The van der Waals surface area contributed by atoms with Crippen LogP contribution >= 0.6 is 0 Å². The summed E-state index contributed by atoms with van der Waals surface area (Å²) in [5.41, 5.74) is 7.60. The number of aliphatic carboxylic acids is 1. The fraction of sp³-hybridized carbons (Fsp3) is 0.480. The average molecular weight is 981 g/mol. The van der Waals surface area contributed by atoms with Crippen molar-refractivity contribution in [3.8, 4) is 0 Å². The first kappa shape index (κ1) is 51.0. The molecule has 0 bridgehead atoms. The minimum Gasteiger partial charge on any atom is -0.481 e. The predicted molar refractivity (Wildman–Crippen MR) is 263 cm³/mol. The number of rotatable bonds is 10. The number of nitrogens with one attached hydrogen (secondary N) is 3. The van der Waals surface area contributed by atoms with Crippen molar-refractivity contribution in [2.45, 2.75) is 134 Å². The van der Waals surface area contributed by atoms with Gasteiger partial charge in [-0.2, -0.15) is 28.1 Å². The fourth-order valence-corrected chi connectivity index (χ4v) is 10.0. The van der Waals surface area contributed by atoms with E-state index in [9.17, 15) is 18.0 Å². The quantitative estimate of drug-likeness (QED) is 0.103. The number of piperidine rings is 2. The topological polar surface area (TPSA) is 234 Å². The number of sulfonamides is 1. The number of benzene rings is 2. The lowest BCUT2D eigenvalue weighted by Gasteiger charge is -2.41. The van der Waals surface area contributed by atoms with Crippen LogP contribution in [0.2, 0.25) is 0 Å². The molecule has 2 aliphatic heterocycles. The summed E-state index contributed by atoms with van der Waals surface area (Å²) in [5.74, 6) is 0.182. The van der Waals surface area contributed by atoms with Crippen molar-refractivity contribution < 1.29 is 31.5 Å². The summed E-state index contributed by atoms with van der Waals surface area (Å²) < 4.78 is 53.9. The van der Waals surface area contributed by atoms with Crippen molar-refractivity contribution in [3.63, 3.8) is 0 Å². The summed E-state index contributed by atoms with van der Waals surface area (Å²) in [7, 11) is -6.27. The van der Waals surface area contributed by atoms with Crippen LogP contribution in [-0.2, 0) is 41.1 Å². The van der Waals surface area contributed by atoms with E-state index in [0.29, 0.717) is 30.0 Å². The molecule has 0 radical (unpaired) electrons. The molecule has 1 amide bonds. The number of fused-ring (bicyclic) bond motifs is 2. The van der Waals surface area contributed by atoms with Gasteiger partial charge < -0.3 is 15.3 Å². The highest BCUT2D eigenvalue weighted by Gasteiger charge is 2.44. The standard InChI is InChI=1S/C25H31N5O3S.C15H20N4.C10H12O2.HNO2S/c1-17-15-20(18-12-13-18)26-23-16-21(27-30(17)23)22-11-7-8-14-29(22)24(31)25(2,28-34(3,32)33)19-9-5-4-6-10-19;1-10-8-13(11-5-6-11)17-15-9-14(18-19(10)15)12-4-2-3-7-16-12;1-10(2,9(11)12)8-6-4-3-5-7-8;1-4(2)3/h4-6,9-10,15-16,18,22,28H,7-8,11-14H2,1-3H3;8-9,11-12,16H,2-7H2,1H3;3-7H,1-2H3,(H,11,12);1H/t22-,25-;12-;;/m00../s1. The third-order valence-corrected chi connectivity index (χ3v) is 14.0. The first-order valence-electron chi connectivity index (χ1n) is 23.7. The molecule has 3 atom stereocenters. The van der Waals surface area contributed by atoms with Crippen LogP contribution in [0.3, 0.4) is 0 Å². The van der Waals surface area contributed by atoms with Crippen LogP contribution in [0.4, 0.5) is 0 Å². The lowest BCUT2D eigenvalue weighted by atomic mass is 9.85. The second-order valence-corrected chi connectivity index (χ2v) is 21.5. The molecule has 6 aromatic rings. The zero-order valence-electron chi connectivity index (χ0n) is 40.2. The second-order valence-electron chi connectivity index (χ2n) is 19.3. The SMILES string of the molecule is CC(C)(C(=O)O)c1ccccc1.Cc1cc(C2CC2)nc2cc([C@@H]3CCCCN3)nn12.Cc1cc(C2CC2)nc2cc([C@@H]3CCCCN3C(=O)[C@@](C)(NS(C)(=O)=O)c3ccccc3)nn12.N=S(=O)=O. The van der Waals surface area contributed by atoms with Crippen molar-refractivity contribution in [1.82, 2.24) is 44.1 Å². The molecule has 4 aliphatic rings. The van der Waals surface area contributed by atoms with Crippen LogP contribution in [0, 0.1) is 18.6 Å². The summed E-state index contributed by atoms with van der Waals surface area (Å²) >= 11 is 0. The van der Waals surface area contributed by atoms with Crippen LogP contribution < -0.4 is 10.0 Å². The zero-order valence-corrected chi connectivity index (χ0v) is 41.9. The number of hydrogen-bond acceptors (Lipinski definition) is 12. The third kappa shape index (κ3) is 12.7. The number of amides is 1. The highest BCUT2D eigenvalue weighted by atomic mass is 32.2. The third-order valence-electron chi connectivity index (χ3n) is 13.3. The highest BCUT2D eigenvalue weighted by Crippen LogP contribution is 2.41.